The van der Waals surface area contributed by atoms with E-state index in [0.29, 0.717) is 0 Å². The van der Waals surface area contributed by atoms with Crippen LogP contribution in [-0.4, -0.2) is 30.2 Å². The molecule has 0 fully saturated rings. The third-order valence-corrected chi connectivity index (χ3v) is 4.36. The number of nitrogens with zero attached hydrogens (tertiary/aromatic N) is 3. The molecule has 0 amide bonds. The van der Waals surface area contributed by atoms with Crippen molar-refractivity contribution in [2.24, 2.45) is 0 Å². The molecule has 0 bridgehead atoms. The zero-order valence-electron chi connectivity index (χ0n) is 10.6. The van der Waals surface area contributed by atoms with Gasteiger partial charge < -0.3 is 4.74 Å². The summed E-state index contributed by atoms with van der Waals surface area (Å²) in [5.74, 6) is 0.847. The van der Waals surface area contributed by atoms with E-state index in [4.69, 9.17) is 4.74 Å². The van der Waals surface area contributed by atoms with E-state index in [1.165, 1.54) is 0 Å². The minimum Gasteiger partial charge on any atom is -0.497 e. The smallest absolute Gasteiger partial charge is 0.119 e. The molecule has 2 rings (SSSR count). The van der Waals surface area contributed by atoms with Gasteiger partial charge in [0.15, 0.2) is 0 Å². The van der Waals surface area contributed by atoms with Crippen LogP contribution in [-0.2, 0) is 0 Å². The molecule has 0 aliphatic rings. The Balaban J connectivity index is 2.30. The Morgan fingerprint density at radius 1 is 1.12 bits per heavy atom. The van der Waals surface area contributed by atoms with Gasteiger partial charge in [0.1, 0.15) is 13.8 Å². The maximum Gasteiger partial charge on any atom is 0.119 e. The number of ether oxygens (including phenoxy) is 1. The van der Waals surface area contributed by atoms with E-state index in [9.17, 15) is 0 Å². The van der Waals surface area contributed by atoms with E-state index in [2.05, 4.69) is 30.0 Å². The molecule has 0 spiro atoms. The van der Waals surface area contributed by atoms with Gasteiger partial charge in [0.25, 0.3) is 0 Å². The van der Waals surface area contributed by atoms with Gasteiger partial charge in [0.05, 0.1) is 18.1 Å². The second-order valence-corrected chi connectivity index (χ2v) is 10.0. The van der Waals surface area contributed by atoms with Gasteiger partial charge in [0.2, 0.25) is 0 Å². The second kappa shape index (κ2) is 4.33. The molecule has 1 aromatic carbocycles. The van der Waals surface area contributed by atoms with Crippen molar-refractivity contribution in [2.75, 3.05) is 7.11 Å². The lowest BCUT2D eigenvalue weighted by Gasteiger charge is -2.09. The minimum atomic E-state index is -1.38. The Morgan fingerprint density at radius 2 is 1.76 bits per heavy atom. The fraction of sp³-hybridized carbons (Fsp3) is 0.333. The van der Waals surface area contributed by atoms with Crippen molar-refractivity contribution in [1.29, 1.82) is 0 Å². The molecule has 2 aromatic rings. The van der Waals surface area contributed by atoms with Crippen molar-refractivity contribution in [1.82, 2.24) is 15.0 Å². The molecule has 0 saturated carbocycles. The van der Waals surface area contributed by atoms with Gasteiger partial charge >= 0.3 is 0 Å². The van der Waals surface area contributed by atoms with Crippen LogP contribution in [0.1, 0.15) is 0 Å². The molecule has 0 unspecified atom stereocenters. The maximum atomic E-state index is 5.13. The largest absolute Gasteiger partial charge is 0.497 e. The summed E-state index contributed by atoms with van der Waals surface area (Å²) >= 11 is 0. The Bertz CT molecular complexity index is 499. The molecule has 0 N–H and O–H groups in total. The van der Waals surface area contributed by atoms with E-state index >= 15 is 0 Å². The number of aromatic nitrogens is 3. The summed E-state index contributed by atoms with van der Waals surface area (Å²) < 4.78 is 6.94. The first kappa shape index (κ1) is 11.9. The van der Waals surface area contributed by atoms with E-state index < -0.39 is 8.07 Å². The standard InChI is InChI=1S/C12H17N3OSi/c1-16-11-7-5-10(6-8-11)15-9-12(13-14-15)17(2,3)4/h5-9H,1-4H3. The number of hydrogen-bond acceptors (Lipinski definition) is 3. The van der Waals surface area contributed by atoms with Crippen LogP contribution in [0, 0.1) is 0 Å². The Morgan fingerprint density at radius 3 is 2.24 bits per heavy atom. The fourth-order valence-corrected chi connectivity index (χ4v) is 2.32. The van der Waals surface area contributed by atoms with E-state index in [-0.39, 0.29) is 0 Å². The maximum absolute atomic E-state index is 5.13. The summed E-state index contributed by atoms with van der Waals surface area (Å²) in [4.78, 5) is 0. The molecule has 1 heterocycles. The summed E-state index contributed by atoms with van der Waals surface area (Å²) in [7, 11) is 0.278. The Kier molecular flexibility index (Phi) is 3.02. The SMILES string of the molecule is COc1ccc(-n2cc([Si](C)(C)C)nn2)cc1. The molecule has 0 atom stereocenters. The van der Waals surface area contributed by atoms with Crippen LogP contribution in [0.5, 0.6) is 5.75 Å². The molecular formula is C12H17N3OSi. The minimum absolute atomic E-state index is 0.847. The molecule has 0 aliphatic heterocycles. The van der Waals surface area contributed by atoms with Gasteiger partial charge in [-0.2, -0.15) is 0 Å². The molecule has 90 valence electrons. The van der Waals surface area contributed by atoms with Gasteiger partial charge in [-0.15, -0.1) is 5.10 Å². The molecule has 17 heavy (non-hydrogen) atoms. The zero-order chi connectivity index (χ0) is 12.5. The third kappa shape index (κ3) is 2.55. The van der Waals surface area contributed by atoms with Crippen LogP contribution in [0.4, 0.5) is 0 Å². The molecule has 5 heteroatoms. The fourth-order valence-electron chi connectivity index (χ4n) is 1.47. The van der Waals surface area contributed by atoms with Crippen molar-refractivity contribution >= 4 is 13.4 Å². The van der Waals surface area contributed by atoms with Gasteiger partial charge in [-0.3, -0.25) is 0 Å². The summed E-state index contributed by atoms with van der Waals surface area (Å²) in [6, 6.07) is 7.79. The molecule has 0 radical (unpaired) electrons. The molecule has 0 saturated heterocycles. The van der Waals surface area contributed by atoms with Gasteiger partial charge in [-0.25, -0.2) is 4.68 Å². The highest BCUT2D eigenvalue weighted by Crippen LogP contribution is 2.13. The van der Waals surface area contributed by atoms with Crippen molar-refractivity contribution < 1.29 is 4.74 Å². The average Bonchev–Trinajstić information content (AvgIpc) is 2.78. The Labute approximate surface area is 102 Å². The van der Waals surface area contributed by atoms with Crippen LogP contribution in [0.2, 0.25) is 19.6 Å². The highest BCUT2D eigenvalue weighted by atomic mass is 28.3. The lowest BCUT2D eigenvalue weighted by Crippen LogP contribution is -2.38. The first-order valence-corrected chi connectivity index (χ1v) is 9.08. The van der Waals surface area contributed by atoms with Crippen LogP contribution >= 0.6 is 0 Å². The van der Waals surface area contributed by atoms with Crippen LogP contribution in [0.15, 0.2) is 30.5 Å². The number of rotatable bonds is 3. The van der Waals surface area contributed by atoms with Crippen LogP contribution in [0.25, 0.3) is 5.69 Å². The van der Waals surface area contributed by atoms with Gasteiger partial charge in [-0.05, 0) is 24.3 Å². The predicted octanol–water partition coefficient (Wildman–Crippen LogP) is 1.82. The lowest BCUT2D eigenvalue weighted by molar-refractivity contribution is 0.414. The first-order chi connectivity index (χ1) is 8.00. The quantitative estimate of drug-likeness (QED) is 0.777. The molecule has 1 aromatic heterocycles. The molecular weight excluding hydrogens is 230 g/mol. The second-order valence-electron chi connectivity index (χ2n) is 5.00. The zero-order valence-corrected chi connectivity index (χ0v) is 11.6. The summed E-state index contributed by atoms with van der Waals surface area (Å²) in [5, 5.41) is 9.54. The monoisotopic (exact) mass is 247 g/mol. The van der Waals surface area contributed by atoms with Crippen molar-refractivity contribution in [3.05, 3.63) is 30.5 Å². The third-order valence-electron chi connectivity index (χ3n) is 2.60. The van der Waals surface area contributed by atoms with E-state index in [0.717, 1.165) is 16.8 Å². The van der Waals surface area contributed by atoms with Gasteiger partial charge in [-0.1, -0.05) is 24.9 Å². The topological polar surface area (TPSA) is 39.9 Å². The molecule has 4 nitrogen and oxygen atoms in total. The number of methoxy groups -OCH3 is 1. The summed E-state index contributed by atoms with van der Waals surface area (Å²) in [6.45, 7) is 6.78. The highest BCUT2D eigenvalue weighted by Gasteiger charge is 2.20. The number of benzene rings is 1. The lowest BCUT2D eigenvalue weighted by atomic mass is 10.3. The van der Waals surface area contributed by atoms with Crippen molar-refractivity contribution in [2.45, 2.75) is 19.6 Å². The summed E-state index contributed by atoms with van der Waals surface area (Å²) in [5.41, 5.74) is 1.00. The van der Waals surface area contributed by atoms with Gasteiger partial charge in [0, 0.05) is 6.20 Å². The van der Waals surface area contributed by atoms with E-state index in [1.807, 2.05) is 35.1 Å². The van der Waals surface area contributed by atoms with Crippen LogP contribution in [0.3, 0.4) is 0 Å². The predicted molar refractivity (Wildman–Crippen MR) is 70.9 cm³/mol. The summed E-state index contributed by atoms with van der Waals surface area (Å²) in [6.07, 6.45) is 2.02. The normalized spacial score (nSPS) is 11.5. The first-order valence-electron chi connectivity index (χ1n) is 5.58. The van der Waals surface area contributed by atoms with Crippen molar-refractivity contribution in [3.63, 3.8) is 0 Å². The van der Waals surface area contributed by atoms with E-state index in [1.54, 1.807) is 7.11 Å². The molecule has 0 aliphatic carbocycles. The van der Waals surface area contributed by atoms with Crippen LogP contribution < -0.4 is 10.1 Å². The highest BCUT2D eigenvalue weighted by molar-refractivity contribution is 6.88. The Hall–Kier alpha value is -1.62. The average molecular weight is 247 g/mol. The number of hydrogen-bond donors (Lipinski definition) is 0. The van der Waals surface area contributed by atoms with Crippen molar-refractivity contribution in [3.8, 4) is 11.4 Å².